The Bertz CT molecular complexity index is 978. The van der Waals surface area contributed by atoms with Gasteiger partial charge in [0.2, 0.25) is 0 Å². The Hall–Kier alpha value is 0.560. The maximum Gasteiger partial charge on any atom is -1.00 e. The minimum atomic E-state index is -1.93. The second-order valence-electron chi connectivity index (χ2n) is 7.89. The molecule has 2 aromatic rings. The molecule has 0 aromatic heterocycles. The fraction of sp³-hybridized carbons (Fsp3) is 0.333. The fourth-order valence-corrected chi connectivity index (χ4v) is 31.3. The first kappa shape index (κ1) is 26.8. The molecular formula is C24H26Br2Cl2SiZr. The third-order valence-electron chi connectivity index (χ3n) is 6.33. The van der Waals surface area contributed by atoms with Crippen LogP contribution in [0.3, 0.4) is 0 Å². The van der Waals surface area contributed by atoms with Gasteiger partial charge in [0, 0.05) is 0 Å². The molecule has 4 rings (SSSR count). The molecule has 2 aromatic carbocycles. The Balaban J connectivity index is 0.00000160. The summed E-state index contributed by atoms with van der Waals surface area (Å²) in [6, 6.07) is 16.5. The van der Waals surface area contributed by atoms with Crippen LogP contribution in [0.25, 0.3) is 12.2 Å². The largest absolute Gasteiger partial charge is 1.00 e. The Morgan fingerprint density at radius 3 is 1.53 bits per heavy atom. The van der Waals surface area contributed by atoms with E-state index in [-0.39, 0.29) is 30.2 Å². The van der Waals surface area contributed by atoms with Crippen LogP contribution >= 0.6 is 31.9 Å². The molecule has 0 spiro atoms. The molecule has 6 heteroatoms. The minimum absolute atomic E-state index is 0. The van der Waals surface area contributed by atoms with Gasteiger partial charge in [0.25, 0.3) is 0 Å². The second-order valence-corrected chi connectivity index (χ2v) is 25.9. The molecule has 158 valence electrons. The van der Waals surface area contributed by atoms with Crippen molar-refractivity contribution in [1.82, 2.24) is 0 Å². The molecule has 0 saturated heterocycles. The molecule has 0 bridgehead atoms. The molecule has 0 nitrogen and oxygen atoms in total. The zero-order chi connectivity index (χ0) is 20.0. The summed E-state index contributed by atoms with van der Waals surface area (Å²) in [5.41, 5.74) is 9.05. The van der Waals surface area contributed by atoms with E-state index in [9.17, 15) is 0 Å². The van der Waals surface area contributed by atoms with E-state index in [4.69, 9.17) is 0 Å². The van der Waals surface area contributed by atoms with Crippen LogP contribution in [0.1, 0.15) is 57.2 Å². The summed E-state index contributed by atoms with van der Waals surface area (Å²) < 4.78 is 3.97. The van der Waals surface area contributed by atoms with E-state index in [1.54, 1.807) is 22.3 Å². The average Bonchev–Trinajstić information content (AvgIpc) is 3.18. The molecule has 0 radical (unpaired) electrons. The zero-order valence-electron chi connectivity index (χ0n) is 17.7. The van der Waals surface area contributed by atoms with Gasteiger partial charge in [0.1, 0.15) is 0 Å². The minimum Gasteiger partial charge on any atom is -1.00 e. The maximum absolute atomic E-state index is 3.82. The predicted molar refractivity (Wildman–Crippen MR) is 128 cm³/mol. The van der Waals surface area contributed by atoms with Crippen molar-refractivity contribution in [3.05, 3.63) is 78.7 Å². The van der Waals surface area contributed by atoms with Gasteiger partial charge in [-0.2, -0.15) is 0 Å². The van der Waals surface area contributed by atoms with E-state index >= 15 is 0 Å². The van der Waals surface area contributed by atoms with Crippen molar-refractivity contribution in [3.8, 4) is 0 Å². The number of benzene rings is 2. The Morgan fingerprint density at radius 1 is 0.767 bits per heavy atom. The molecule has 0 saturated carbocycles. The van der Waals surface area contributed by atoms with E-state index in [0.717, 1.165) is 7.25 Å². The molecule has 2 unspecified atom stereocenters. The summed E-state index contributed by atoms with van der Waals surface area (Å²) in [6.07, 6.45) is 4.95. The first-order valence-corrected chi connectivity index (χ1v) is 20.1. The molecule has 2 atom stereocenters. The standard InChI is InChI=1S/2C10H8Br.C4H10Si.2ClH.Zr/c2*1-7-5-8-3-2-4-10(11)9(8)6-7;1-3-5-4-2;;;/h2*2-6H,1H3;3-4H2,1-2H3;2*1H;/q;;;;;+2/p-2. The van der Waals surface area contributed by atoms with E-state index < -0.39 is 20.4 Å². The topological polar surface area (TPSA) is 0 Å². The van der Waals surface area contributed by atoms with Gasteiger partial charge >= 0.3 is 196 Å². The third-order valence-corrected chi connectivity index (χ3v) is 31.7. The maximum atomic E-state index is 3.82. The molecule has 30 heavy (non-hydrogen) atoms. The Morgan fingerprint density at radius 2 is 1.17 bits per heavy atom. The summed E-state index contributed by atoms with van der Waals surface area (Å²) in [7, 11) is 0. The van der Waals surface area contributed by atoms with E-state index in [1.165, 1.54) is 32.2 Å². The van der Waals surface area contributed by atoms with Crippen LogP contribution in [0.2, 0.25) is 12.1 Å². The molecule has 0 amide bonds. The van der Waals surface area contributed by atoms with Crippen LogP contribution in [0, 0.1) is 0 Å². The van der Waals surface area contributed by atoms with E-state index in [1.807, 2.05) is 0 Å². The molecular weight excluding hydrogens is 638 g/mol. The van der Waals surface area contributed by atoms with E-state index in [2.05, 4.69) is 108 Å². The third kappa shape index (κ3) is 4.62. The van der Waals surface area contributed by atoms with Gasteiger partial charge in [-0.25, -0.2) is 0 Å². The summed E-state index contributed by atoms with van der Waals surface area (Å²) in [5.74, 6) is 0. The van der Waals surface area contributed by atoms with Crippen molar-refractivity contribution >= 4 is 49.4 Å². The Labute approximate surface area is 218 Å². The van der Waals surface area contributed by atoms with Gasteiger partial charge in [-0.05, 0) is 0 Å². The second kappa shape index (κ2) is 11.1. The number of rotatable bonds is 4. The number of hydrogen-bond acceptors (Lipinski definition) is 0. The Kier molecular flexibility index (Phi) is 9.94. The zero-order valence-corrected chi connectivity index (χ0v) is 25.8. The van der Waals surface area contributed by atoms with Gasteiger partial charge in [0.15, 0.2) is 0 Å². The molecule has 2 aliphatic rings. The van der Waals surface area contributed by atoms with Gasteiger partial charge in [0.05, 0.1) is 0 Å². The van der Waals surface area contributed by atoms with Crippen LogP contribution in [-0.2, 0) is 20.4 Å². The number of fused-ring (bicyclic) bond motifs is 2. The molecule has 0 aliphatic heterocycles. The first-order valence-electron chi connectivity index (χ1n) is 10.1. The van der Waals surface area contributed by atoms with Crippen molar-refractivity contribution in [2.45, 2.75) is 47.0 Å². The summed E-state index contributed by atoms with van der Waals surface area (Å²) in [5, 5.41) is 0. The van der Waals surface area contributed by atoms with Crippen LogP contribution in [0.4, 0.5) is 0 Å². The number of allylic oxidation sites excluding steroid dienone is 2. The monoisotopic (exact) mass is 660 g/mol. The van der Waals surface area contributed by atoms with Crippen molar-refractivity contribution in [1.29, 1.82) is 0 Å². The van der Waals surface area contributed by atoms with Gasteiger partial charge in [-0.1, -0.05) is 0 Å². The number of halogens is 4. The van der Waals surface area contributed by atoms with Gasteiger partial charge in [-0.15, -0.1) is 0 Å². The number of hydrogen-bond donors (Lipinski definition) is 0. The van der Waals surface area contributed by atoms with Crippen molar-refractivity contribution in [3.63, 3.8) is 0 Å². The summed E-state index contributed by atoms with van der Waals surface area (Å²) >= 11 is 5.72. The molecule has 0 heterocycles. The normalized spacial score (nSPS) is 18.2. The summed E-state index contributed by atoms with van der Waals surface area (Å²) in [4.78, 5) is 0. The smallest absolute Gasteiger partial charge is 1.00 e. The van der Waals surface area contributed by atoms with Gasteiger partial charge in [-0.3, -0.25) is 0 Å². The first-order chi connectivity index (χ1) is 13.5. The van der Waals surface area contributed by atoms with Crippen LogP contribution in [0.5, 0.6) is 0 Å². The summed E-state index contributed by atoms with van der Waals surface area (Å²) in [6.45, 7) is 9.73. The molecule has 0 N–H and O–H groups in total. The molecule has 0 fully saturated rings. The van der Waals surface area contributed by atoms with Crippen LogP contribution < -0.4 is 24.8 Å². The van der Waals surface area contributed by atoms with E-state index in [0.29, 0.717) is 0 Å². The van der Waals surface area contributed by atoms with Crippen LogP contribution in [-0.4, -0.2) is 5.43 Å². The van der Waals surface area contributed by atoms with Crippen molar-refractivity contribution < 1.29 is 45.2 Å². The van der Waals surface area contributed by atoms with Crippen molar-refractivity contribution in [2.24, 2.45) is 0 Å². The quantitative estimate of drug-likeness (QED) is 0.442. The average molecular weight is 664 g/mol. The fourth-order valence-electron chi connectivity index (χ4n) is 5.09. The predicted octanol–water partition coefficient (Wildman–Crippen LogP) is 2.49. The molecule has 2 aliphatic carbocycles. The SMILES string of the molecule is CC[Si](CC)=[Zr+2]([CH]1C(C)=Cc2c(Br)cccc21)[CH]1C(C)=Cc2c(Br)cccc21.[Cl-].[Cl-]. The van der Waals surface area contributed by atoms with Gasteiger partial charge < -0.3 is 24.8 Å². The van der Waals surface area contributed by atoms with Crippen LogP contribution in [0.15, 0.2) is 56.5 Å². The van der Waals surface area contributed by atoms with Crippen molar-refractivity contribution in [2.75, 3.05) is 0 Å².